The molecule has 0 aromatic heterocycles. The molecule has 1 atom stereocenters. The molecule has 0 aliphatic heterocycles. The molecule has 0 saturated carbocycles. The molecule has 116 valence electrons. The Morgan fingerprint density at radius 1 is 1.24 bits per heavy atom. The van der Waals surface area contributed by atoms with Gasteiger partial charge in [0.05, 0.1) is 6.54 Å². The fourth-order valence-electron chi connectivity index (χ4n) is 2.01. The average Bonchev–Trinajstić information content (AvgIpc) is 2.44. The molecule has 0 heterocycles. The molecular weight excluding hydrogens is 266 g/mol. The van der Waals surface area contributed by atoms with Gasteiger partial charge in [0.15, 0.2) is 0 Å². The van der Waals surface area contributed by atoms with Gasteiger partial charge in [-0.3, -0.25) is 9.59 Å². The Kier molecular flexibility index (Phi) is 6.88. The minimum Gasteiger partial charge on any atom is -0.352 e. The largest absolute Gasteiger partial charge is 0.352 e. The maximum absolute atomic E-state index is 12.0. The van der Waals surface area contributed by atoms with Gasteiger partial charge in [-0.15, -0.1) is 0 Å². The van der Waals surface area contributed by atoms with E-state index in [2.05, 4.69) is 5.32 Å². The number of hydrogen-bond acceptors (Lipinski definition) is 3. The van der Waals surface area contributed by atoms with Crippen LogP contribution in [0.15, 0.2) is 30.3 Å². The lowest BCUT2D eigenvalue weighted by atomic mass is 10.0. The monoisotopic (exact) mass is 291 g/mol. The minimum atomic E-state index is -0.159. The zero-order valence-electron chi connectivity index (χ0n) is 13.0. The van der Waals surface area contributed by atoms with Crippen molar-refractivity contribution in [3.63, 3.8) is 0 Å². The standard InChI is InChI=1S/C16H25N3O2/c1-12(2)18-15(20)11-19(3)16(21)10-9-14(17)13-7-5-4-6-8-13/h4-8,12,14H,9-11,17H2,1-3H3,(H,18,20). The lowest BCUT2D eigenvalue weighted by molar-refractivity contribution is -0.135. The number of likely N-dealkylation sites (N-methyl/N-ethyl adjacent to an activating group) is 1. The second-order valence-electron chi connectivity index (χ2n) is 5.53. The molecule has 0 bridgehead atoms. The molecule has 0 aliphatic carbocycles. The SMILES string of the molecule is CC(C)NC(=O)CN(C)C(=O)CCC(N)c1ccccc1. The second-order valence-corrected chi connectivity index (χ2v) is 5.53. The van der Waals surface area contributed by atoms with Gasteiger partial charge in [0.25, 0.3) is 0 Å². The number of nitrogens with two attached hydrogens (primary N) is 1. The highest BCUT2D eigenvalue weighted by atomic mass is 16.2. The first kappa shape index (κ1) is 17.2. The molecule has 0 radical (unpaired) electrons. The lowest BCUT2D eigenvalue weighted by Crippen LogP contribution is -2.40. The maximum Gasteiger partial charge on any atom is 0.239 e. The number of benzene rings is 1. The van der Waals surface area contributed by atoms with Gasteiger partial charge >= 0.3 is 0 Å². The fraction of sp³-hybridized carbons (Fsp3) is 0.500. The molecule has 5 nitrogen and oxygen atoms in total. The third kappa shape index (κ3) is 6.40. The van der Waals surface area contributed by atoms with Crippen LogP contribution in [0.2, 0.25) is 0 Å². The van der Waals surface area contributed by atoms with Crippen molar-refractivity contribution in [1.29, 1.82) is 0 Å². The molecule has 0 spiro atoms. The molecule has 0 saturated heterocycles. The van der Waals surface area contributed by atoms with E-state index in [-0.39, 0.29) is 30.4 Å². The van der Waals surface area contributed by atoms with E-state index in [1.165, 1.54) is 4.90 Å². The van der Waals surface area contributed by atoms with E-state index in [9.17, 15) is 9.59 Å². The van der Waals surface area contributed by atoms with Crippen molar-refractivity contribution in [2.24, 2.45) is 5.73 Å². The second kappa shape index (κ2) is 8.42. The minimum absolute atomic E-state index is 0.0692. The van der Waals surface area contributed by atoms with Gasteiger partial charge in [-0.05, 0) is 25.8 Å². The summed E-state index contributed by atoms with van der Waals surface area (Å²) in [4.78, 5) is 25.0. The number of rotatable bonds is 7. The third-order valence-corrected chi connectivity index (χ3v) is 3.15. The van der Waals surface area contributed by atoms with Gasteiger partial charge in [-0.2, -0.15) is 0 Å². The highest BCUT2D eigenvalue weighted by molar-refractivity contribution is 5.84. The van der Waals surface area contributed by atoms with E-state index in [0.29, 0.717) is 12.8 Å². The summed E-state index contributed by atoms with van der Waals surface area (Å²) in [6, 6.07) is 9.62. The van der Waals surface area contributed by atoms with Crippen LogP contribution in [-0.4, -0.2) is 36.3 Å². The quantitative estimate of drug-likeness (QED) is 0.798. The van der Waals surface area contributed by atoms with Crippen LogP contribution in [-0.2, 0) is 9.59 Å². The van der Waals surface area contributed by atoms with Gasteiger partial charge in [0.1, 0.15) is 0 Å². The van der Waals surface area contributed by atoms with Crippen LogP contribution >= 0.6 is 0 Å². The van der Waals surface area contributed by atoms with Crippen molar-refractivity contribution in [2.75, 3.05) is 13.6 Å². The van der Waals surface area contributed by atoms with E-state index < -0.39 is 0 Å². The van der Waals surface area contributed by atoms with Crippen molar-refractivity contribution in [2.45, 2.75) is 38.8 Å². The summed E-state index contributed by atoms with van der Waals surface area (Å²) in [5.74, 6) is -0.214. The zero-order chi connectivity index (χ0) is 15.8. The van der Waals surface area contributed by atoms with E-state index in [4.69, 9.17) is 5.73 Å². The number of carbonyl (C=O) groups excluding carboxylic acids is 2. The Balaban J connectivity index is 2.37. The first-order valence-corrected chi connectivity index (χ1v) is 7.24. The summed E-state index contributed by atoms with van der Waals surface area (Å²) in [7, 11) is 1.64. The molecule has 1 aromatic rings. The first-order chi connectivity index (χ1) is 9.90. The molecule has 21 heavy (non-hydrogen) atoms. The van der Waals surface area contributed by atoms with Crippen molar-refractivity contribution in [1.82, 2.24) is 10.2 Å². The molecule has 2 amide bonds. The summed E-state index contributed by atoms with van der Waals surface area (Å²) in [5, 5.41) is 2.76. The molecule has 0 fully saturated rings. The highest BCUT2D eigenvalue weighted by Gasteiger charge is 2.15. The predicted molar refractivity (Wildman–Crippen MR) is 83.5 cm³/mol. The van der Waals surface area contributed by atoms with Crippen LogP contribution in [0.1, 0.15) is 38.3 Å². The van der Waals surface area contributed by atoms with Crippen LogP contribution in [0.25, 0.3) is 0 Å². The number of amides is 2. The molecule has 1 rings (SSSR count). The third-order valence-electron chi connectivity index (χ3n) is 3.15. The molecule has 0 aliphatic rings. The van der Waals surface area contributed by atoms with Gasteiger partial charge < -0.3 is 16.0 Å². The van der Waals surface area contributed by atoms with Gasteiger partial charge in [0.2, 0.25) is 11.8 Å². The van der Waals surface area contributed by atoms with Gasteiger partial charge in [0, 0.05) is 25.6 Å². The highest BCUT2D eigenvalue weighted by Crippen LogP contribution is 2.15. The Morgan fingerprint density at radius 3 is 2.43 bits per heavy atom. The normalized spacial score (nSPS) is 12.0. The zero-order valence-corrected chi connectivity index (χ0v) is 13.0. The van der Waals surface area contributed by atoms with E-state index >= 15 is 0 Å². The van der Waals surface area contributed by atoms with Crippen molar-refractivity contribution < 1.29 is 9.59 Å². The summed E-state index contributed by atoms with van der Waals surface area (Å²) in [5.41, 5.74) is 7.08. The average molecular weight is 291 g/mol. The number of nitrogens with one attached hydrogen (secondary N) is 1. The topological polar surface area (TPSA) is 75.4 Å². The van der Waals surface area contributed by atoms with Gasteiger partial charge in [-0.25, -0.2) is 0 Å². The maximum atomic E-state index is 12.0. The molecular formula is C16H25N3O2. The van der Waals surface area contributed by atoms with Crippen LogP contribution in [0, 0.1) is 0 Å². The number of nitrogens with zero attached hydrogens (tertiary/aromatic N) is 1. The number of hydrogen-bond donors (Lipinski definition) is 2. The van der Waals surface area contributed by atoms with Crippen LogP contribution in [0.3, 0.4) is 0 Å². The van der Waals surface area contributed by atoms with E-state index in [1.54, 1.807) is 7.05 Å². The summed E-state index contributed by atoms with van der Waals surface area (Å²) >= 11 is 0. The Hall–Kier alpha value is -1.88. The summed E-state index contributed by atoms with van der Waals surface area (Å²) in [6.45, 7) is 3.86. The van der Waals surface area contributed by atoms with Crippen LogP contribution in [0.5, 0.6) is 0 Å². The number of carbonyl (C=O) groups is 2. The Labute approximate surface area is 126 Å². The van der Waals surface area contributed by atoms with Crippen LogP contribution in [0.4, 0.5) is 0 Å². The van der Waals surface area contributed by atoms with E-state index in [1.807, 2.05) is 44.2 Å². The smallest absolute Gasteiger partial charge is 0.239 e. The fourth-order valence-corrected chi connectivity index (χ4v) is 2.01. The first-order valence-electron chi connectivity index (χ1n) is 7.24. The molecule has 3 N–H and O–H groups in total. The Morgan fingerprint density at radius 2 is 1.86 bits per heavy atom. The van der Waals surface area contributed by atoms with Crippen molar-refractivity contribution >= 4 is 11.8 Å². The Bertz CT molecular complexity index is 460. The summed E-state index contributed by atoms with van der Waals surface area (Å²) in [6.07, 6.45) is 0.903. The lowest BCUT2D eigenvalue weighted by Gasteiger charge is -2.19. The molecule has 5 heteroatoms. The molecule has 1 aromatic carbocycles. The summed E-state index contributed by atoms with van der Waals surface area (Å²) < 4.78 is 0. The predicted octanol–water partition coefficient (Wildman–Crippen LogP) is 1.45. The van der Waals surface area contributed by atoms with Gasteiger partial charge in [-0.1, -0.05) is 30.3 Å². The van der Waals surface area contributed by atoms with E-state index in [0.717, 1.165) is 5.56 Å². The van der Waals surface area contributed by atoms with Crippen LogP contribution < -0.4 is 11.1 Å². The van der Waals surface area contributed by atoms with Crippen molar-refractivity contribution in [3.8, 4) is 0 Å². The molecule has 1 unspecified atom stereocenters. The van der Waals surface area contributed by atoms with Crippen molar-refractivity contribution in [3.05, 3.63) is 35.9 Å².